The van der Waals surface area contributed by atoms with E-state index in [4.69, 9.17) is 21.5 Å². The number of halogens is 1. The molecule has 30 heavy (non-hydrogen) atoms. The van der Waals surface area contributed by atoms with Gasteiger partial charge in [-0.15, -0.1) is 23.1 Å². The van der Waals surface area contributed by atoms with E-state index in [1.165, 1.54) is 11.3 Å². The van der Waals surface area contributed by atoms with E-state index in [0.717, 1.165) is 42.0 Å². The van der Waals surface area contributed by atoms with Crippen LogP contribution in [0.15, 0.2) is 45.8 Å². The van der Waals surface area contributed by atoms with Crippen LogP contribution in [0.3, 0.4) is 0 Å². The second kappa shape index (κ2) is 9.24. The number of amidine groups is 1. The molecule has 3 aromatic rings. The molecule has 1 aromatic carbocycles. The van der Waals surface area contributed by atoms with Gasteiger partial charge in [0, 0.05) is 35.2 Å². The van der Waals surface area contributed by atoms with Gasteiger partial charge in [-0.2, -0.15) is 0 Å². The molecule has 0 bridgehead atoms. The van der Waals surface area contributed by atoms with Gasteiger partial charge in [-0.05, 0) is 37.3 Å². The Hall–Kier alpha value is -2.29. The van der Waals surface area contributed by atoms with Gasteiger partial charge >= 0.3 is 0 Å². The molecule has 156 valence electrons. The second-order valence-corrected chi connectivity index (χ2v) is 9.49. The van der Waals surface area contributed by atoms with Gasteiger partial charge in [0.05, 0.1) is 15.8 Å². The fourth-order valence-corrected chi connectivity index (χ4v) is 4.98. The maximum atomic E-state index is 12.2. The van der Waals surface area contributed by atoms with Crippen molar-refractivity contribution in [2.45, 2.75) is 24.3 Å². The third-order valence-electron chi connectivity index (χ3n) is 4.95. The summed E-state index contributed by atoms with van der Waals surface area (Å²) in [4.78, 5) is 15.9. The number of nitrogens with zero attached hydrogens (tertiary/aromatic N) is 2. The number of hydrogen-bond donors (Lipinski definition) is 2. The lowest BCUT2D eigenvalue weighted by Gasteiger charge is -2.19. The van der Waals surface area contributed by atoms with E-state index in [9.17, 15) is 4.79 Å². The first-order valence-corrected chi connectivity index (χ1v) is 12.0. The molecule has 6 nitrogen and oxygen atoms in total. The van der Waals surface area contributed by atoms with Crippen LogP contribution in [0, 0.1) is 5.41 Å². The smallest absolute Gasteiger partial charge is 0.261 e. The molecule has 2 aromatic heterocycles. The molecule has 0 unspecified atom stereocenters. The first kappa shape index (κ1) is 21.0. The largest absolute Gasteiger partial charge is 0.359 e. The lowest BCUT2D eigenvalue weighted by Crippen LogP contribution is -2.27. The number of aromatic nitrogens is 1. The Labute approximate surface area is 188 Å². The fourth-order valence-electron chi connectivity index (χ4n) is 3.39. The number of amides is 1. The summed E-state index contributed by atoms with van der Waals surface area (Å²) >= 11 is 8.73. The number of thiophene rings is 1. The molecule has 1 amide bonds. The summed E-state index contributed by atoms with van der Waals surface area (Å²) in [5.74, 6) is 0.952. The number of rotatable bonds is 6. The summed E-state index contributed by atoms with van der Waals surface area (Å²) in [5.41, 5.74) is 2.57. The molecule has 1 saturated heterocycles. The van der Waals surface area contributed by atoms with Crippen LogP contribution < -0.4 is 5.32 Å². The van der Waals surface area contributed by atoms with Crippen molar-refractivity contribution in [1.29, 1.82) is 5.41 Å². The number of likely N-dealkylation sites (tertiary alicyclic amines) is 1. The van der Waals surface area contributed by atoms with E-state index in [1.807, 2.05) is 30.5 Å². The van der Waals surface area contributed by atoms with Crippen molar-refractivity contribution in [3.63, 3.8) is 0 Å². The molecule has 3 heterocycles. The van der Waals surface area contributed by atoms with Crippen LogP contribution in [0.1, 0.15) is 33.8 Å². The summed E-state index contributed by atoms with van der Waals surface area (Å²) in [7, 11) is 0. The highest BCUT2D eigenvalue weighted by atomic mass is 35.5. The zero-order chi connectivity index (χ0) is 21.1. The molecule has 1 fully saturated rings. The molecule has 4 rings (SSSR count). The summed E-state index contributed by atoms with van der Waals surface area (Å²) < 4.78 is 6.00. The van der Waals surface area contributed by atoms with Crippen molar-refractivity contribution < 1.29 is 9.32 Å². The molecule has 1 aliphatic heterocycles. The number of carbonyl (C=O) groups is 1. The summed E-state index contributed by atoms with van der Waals surface area (Å²) in [6, 6.07) is 11.2. The molecule has 9 heteroatoms. The lowest BCUT2D eigenvalue weighted by atomic mass is 10.1. The van der Waals surface area contributed by atoms with Crippen molar-refractivity contribution in [2.75, 3.05) is 19.3 Å². The first-order valence-electron chi connectivity index (χ1n) is 9.56. The van der Waals surface area contributed by atoms with Crippen molar-refractivity contribution in [1.82, 2.24) is 15.4 Å². The molecular formula is C21H21ClN4O2S2. The van der Waals surface area contributed by atoms with E-state index in [2.05, 4.69) is 15.4 Å². The fraction of sp³-hybridized carbons (Fsp3) is 0.286. The Bertz CT molecular complexity index is 1070. The van der Waals surface area contributed by atoms with Gasteiger partial charge in [-0.3, -0.25) is 10.2 Å². The van der Waals surface area contributed by atoms with Crippen LogP contribution in [-0.2, 0) is 6.54 Å². The molecule has 1 aliphatic rings. The normalized spacial score (nSPS) is 13.6. The number of carbonyl (C=O) groups excluding carboxylic acids is 1. The van der Waals surface area contributed by atoms with E-state index < -0.39 is 0 Å². The predicted octanol–water partition coefficient (Wildman–Crippen LogP) is 5.13. The van der Waals surface area contributed by atoms with Gasteiger partial charge in [0.1, 0.15) is 11.5 Å². The predicted molar refractivity (Wildman–Crippen MR) is 122 cm³/mol. The van der Waals surface area contributed by atoms with E-state index >= 15 is 0 Å². The highest BCUT2D eigenvalue weighted by molar-refractivity contribution is 7.98. The Morgan fingerprint density at radius 3 is 2.80 bits per heavy atom. The lowest BCUT2D eigenvalue weighted by molar-refractivity contribution is 0.0951. The molecule has 0 radical (unpaired) electrons. The molecule has 2 N–H and O–H groups in total. The minimum atomic E-state index is -0.195. The minimum Gasteiger partial charge on any atom is -0.359 e. The van der Waals surface area contributed by atoms with Crippen molar-refractivity contribution in [2.24, 2.45) is 0 Å². The zero-order valence-electron chi connectivity index (χ0n) is 16.4. The second-order valence-electron chi connectivity index (χ2n) is 6.92. The van der Waals surface area contributed by atoms with Gasteiger partial charge in [0.15, 0.2) is 5.76 Å². The zero-order valence-corrected chi connectivity index (χ0v) is 18.8. The van der Waals surface area contributed by atoms with Gasteiger partial charge < -0.3 is 14.7 Å². The topological polar surface area (TPSA) is 82.2 Å². The van der Waals surface area contributed by atoms with Gasteiger partial charge in [-0.1, -0.05) is 28.9 Å². The van der Waals surface area contributed by atoms with Gasteiger partial charge in [-0.25, -0.2) is 0 Å². The average Bonchev–Trinajstić information content (AvgIpc) is 3.52. The Morgan fingerprint density at radius 1 is 1.30 bits per heavy atom. The van der Waals surface area contributed by atoms with E-state index in [-0.39, 0.29) is 12.5 Å². The standard InChI is InChI=1S/C21H21ClN4O2S2/c1-29-18-10-13(20(23)26-8-2-3-9-26)4-5-15(18)16-11-14(28-25-16)12-24-21(27)17-6-7-19(22)30-17/h4-7,10-11,23H,2-3,8-9,12H2,1H3,(H,24,27). The SMILES string of the molecule is CSc1cc(C(=N)N2CCCC2)ccc1-c1cc(CNC(=O)c2ccc(Cl)s2)on1. The van der Waals surface area contributed by atoms with Crippen LogP contribution in [0.5, 0.6) is 0 Å². The highest BCUT2D eigenvalue weighted by Gasteiger charge is 2.19. The van der Waals surface area contributed by atoms with Crippen LogP contribution >= 0.6 is 34.7 Å². The molecule has 0 saturated carbocycles. The average molecular weight is 461 g/mol. The summed E-state index contributed by atoms with van der Waals surface area (Å²) in [6.45, 7) is 2.14. The summed E-state index contributed by atoms with van der Waals surface area (Å²) in [5, 5.41) is 15.5. The maximum absolute atomic E-state index is 12.2. The van der Waals surface area contributed by atoms with Gasteiger partial charge in [0.2, 0.25) is 0 Å². The van der Waals surface area contributed by atoms with Crippen molar-refractivity contribution in [3.8, 4) is 11.3 Å². The molecular weight excluding hydrogens is 440 g/mol. The number of hydrogen-bond acceptors (Lipinski definition) is 6. The quantitative estimate of drug-likeness (QED) is 0.302. The Morgan fingerprint density at radius 2 is 2.10 bits per heavy atom. The monoisotopic (exact) mass is 460 g/mol. The Balaban J connectivity index is 1.46. The Kier molecular flexibility index (Phi) is 6.46. The third kappa shape index (κ3) is 4.55. The summed E-state index contributed by atoms with van der Waals surface area (Å²) in [6.07, 6.45) is 4.30. The van der Waals surface area contributed by atoms with Crippen LogP contribution in [-0.4, -0.2) is 41.1 Å². The molecule has 0 aliphatic carbocycles. The van der Waals surface area contributed by atoms with Crippen LogP contribution in [0.2, 0.25) is 4.34 Å². The first-order chi connectivity index (χ1) is 14.5. The van der Waals surface area contributed by atoms with Crippen molar-refractivity contribution >= 4 is 46.4 Å². The van der Waals surface area contributed by atoms with Gasteiger partial charge in [0.25, 0.3) is 5.91 Å². The van der Waals surface area contributed by atoms with E-state index in [0.29, 0.717) is 26.5 Å². The van der Waals surface area contributed by atoms with E-state index in [1.54, 1.807) is 23.9 Å². The van der Waals surface area contributed by atoms with Crippen LogP contribution in [0.4, 0.5) is 0 Å². The van der Waals surface area contributed by atoms with Crippen molar-refractivity contribution in [3.05, 3.63) is 56.9 Å². The third-order valence-corrected chi connectivity index (χ3v) is 6.96. The van der Waals surface area contributed by atoms with Crippen LogP contribution in [0.25, 0.3) is 11.3 Å². The molecule has 0 atom stereocenters. The highest BCUT2D eigenvalue weighted by Crippen LogP contribution is 2.31. The number of thioether (sulfide) groups is 1. The minimum absolute atomic E-state index is 0.195. The maximum Gasteiger partial charge on any atom is 0.261 e. The number of benzene rings is 1. The number of nitrogens with one attached hydrogen (secondary N) is 2. The molecule has 0 spiro atoms.